The van der Waals surface area contributed by atoms with Crippen molar-refractivity contribution in [2.24, 2.45) is 56.7 Å². The molecule has 4 saturated carbocycles. The summed E-state index contributed by atoms with van der Waals surface area (Å²) >= 11 is 0. The highest BCUT2D eigenvalue weighted by Crippen LogP contribution is 2.76. The lowest BCUT2D eigenvalue weighted by atomic mass is 9.33. The van der Waals surface area contributed by atoms with Crippen molar-refractivity contribution < 1.29 is 31.1 Å². The average molecular weight is 819 g/mol. The van der Waals surface area contributed by atoms with Crippen LogP contribution in [-0.4, -0.2) is 94.2 Å². The van der Waals surface area contributed by atoms with Crippen LogP contribution < -0.4 is 5.32 Å². The first-order valence-corrected chi connectivity index (χ1v) is 25.5. The topological polar surface area (TPSA) is 121 Å². The number of carbonyl (C=O) groups is 1. The van der Waals surface area contributed by atoms with Gasteiger partial charge in [-0.05, 0) is 146 Å². The second-order valence-electron chi connectivity index (χ2n) is 21.1. The Labute approximate surface area is 337 Å². The smallest absolute Gasteiger partial charge is 0.312 e. The summed E-state index contributed by atoms with van der Waals surface area (Å²) in [5.74, 6) is 1.83. The number of hydrogen-bond donors (Lipinski definition) is 2. The predicted molar refractivity (Wildman–Crippen MR) is 222 cm³/mol. The van der Waals surface area contributed by atoms with Crippen molar-refractivity contribution >= 4 is 25.6 Å². The number of halogens is 1. The lowest BCUT2D eigenvalue weighted by molar-refractivity contribution is -0.221. The molecule has 0 bridgehead atoms. The van der Waals surface area contributed by atoms with E-state index in [4.69, 9.17) is 0 Å². The van der Waals surface area contributed by atoms with Gasteiger partial charge in [-0.1, -0.05) is 58.9 Å². The summed E-state index contributed by atoms with van der Waals surface area (Å²) in [7, 11) is -6.30. The molecule has 0 radical (unpaired) electrons. The van der Waals surface area contributed by atoms with E-state index in [1.54, 1.807) is 0 Å². The molecule has 11 heteroatoms. The van der Waals surface area contributed by atoms with Crippen molar-refractivity contribution in [3.05, 3.63) is 35.5 Å². The van der Waals surface area contributed by atoms with Crippen molar-refractivity contribution in [3.63, 3.8) is 0 Å². The van der Waals surface area contributed by atoms with E-state index in [0.717, 1.165) is 38.5 Å². The van der Waals surface area contributed by atoms with E-state index in [2.05, 4.69) is 65.6 Å². The van der Waals surface area contributed by atoms with Crippen LogP contribution in [0.25, 0.3) is 0 Å². The number of aliphatic carboxylic acids is 1. The second-order valence-corrected chi connectivity index (χ2v) is 25.7. The minimum atomic E-state index is -3.30. The number of alkyl halides is 1. The Kier molecular flexibility index (Phi) is 11.1. The first kappa shape index (κ1) is 42.6. The number of sulfone groups is 2. The van der Waals surface area contributed by atoms with Crippen LogP contribution in [0.5, 0.6) is 0 Å². The molecule has 8 nitrogen and oxygen atoms in total. The Morgan fingerprint density at radius 3 is 2.27 bits per heavy atom. The van der Waals surface area contributed by atoms with Crippen molar-refractivity contribution in [2.75, 3.05) is 55.9 Å². The normalized spacial score (nSPS) is 43.3. The van der Waals surface area contributed by atoms with Crippen LogP contribution in [0.1, 0.15) is 119 Å². The summed E-state index contributed by atoms with van der Waals surface area (Å²) in [6, 6.07) is 0. The standard InChI is InChI=1S/C45H71FN2O6S2/c1-31(2)33-12-19-45(47-22-26-55(51,52)27-23-48-24-28-56(53,54)29-25-48)21-20-42(6)35(38(33)45)8-9-37-41(5)15-13-34(40(3,4)36(41)14-16-43(37,42)7)32-10-17-44(30-46,18-11-32)39(49)50/h10,13,33,35-38,47H,1,8-9,11-12,14-30H2,2-7H3,(H,49,50)/t33-,35+,36-,37+,38+,41-,42+,43+,44-,45-/m0/s1. The largest absolute Gasteiger partial charge is 0.481 e. The minimum Gasteiger partial charge on any atom is -0.481 e. The molecule has 1 saturated heterocycles. The molecule has 0 aromatic heterocycles. The zero-order valence-corrected chi connectivity index (χ0v) is 36.9. The monoisotopic (exact) mass is 818 g/mol. The maximum Gasteiger partial charge on any atom is 0.312 e. The maximum absolute atomic E-state index is 14.0. The number of carboxylic acids is 1. The van der Waals surface area contributed by atoms with Crippen molar-refractivity contribution in [1.82, 2.24) is 10.2 Å². The first-order chi connectivity index (χ1) is 26.1. The number of allylic oxidation sites excluding steroid dienone is 5. The fraction of sp³-hybridized carbons (Fsp3) is 0.844. The maximum atomic E-state index is 14.0. The fourth-order valence-electron chi connectivity index (χ4n) is 14.9. The summed E-state index contributed by atoms with van der Waals surface area (Å²) < 4.78 is 64.3. The zero-order chi connectivity index (χ0) is 40.7. The zero-order valence-electron chi connectivity index (χ0n) is 35.2. The van der Waals surface area contributed by atoms with Gasteiger partial charge in [-0.3, -0.25) is 4.79 Å². The highest BCUT2D eigenvalue weighted by atomic mass is 32.2. The number of nitrogens with zero attached hydrogens (tertiary/aromatic N) is 1. The Morgan fingerprint density at radius 2 is 1.64 bits per heavy atom. The number of rotatable bonds is 11. The molecule has 1 aliphatic heterocycles. The highest BCUT2D eigenvalue weighted by Gasteiger charge is 2.70. The van der Waals surface area contributed by atoms with Gasteiger partial charge in [0, 0.05) is 31.7 Å². The molecular formula is C45H71FN2O6S2. The number of carboxylic acid groups (broad SMARTS) is 1. The molecule has 0 amide bonds. The lowest BCUT2D eigenvalue weighted by Crippen LogP contribution is -2.68. The molecule has 10 atom stereocenters. The van der Waals surface area contributed by atoms with Gasteiger partial charge in [-0.2, -0.15) is 0 Å². The van der Waals surface area contributed by atoms with E-state index >= 15 is 0 Å². The van der Waals surface area contributed by atoms with Gasteiger partial charge in [-0.25, -0.2) is 21.2 Å². The van der Waals surface area contributed by atoms with Gasteiger partial charge in [-0.15, -0.1) is 0 Å². The number of fused-ring (bicyclic) bond motifs is 7. The Bertz CT molecular complexity index is 1860. The second kappa shape index (κ2) is 14.6. The van der Waals surface area contributed by atoms with Gasteiger partial charge in [0.2, 0.25) is 0 Å². The summed E-state index contributed by atoms with van der Waals surface area (Å²) in [5, 5.41) is 13.8. The molecule has 5 fully saturated rings. The minimum absolute atomic E-state index is 0.0617. The molecule has 316 valence electrons. The van der Waals surface area contributed by atoms with Crippen LogP contribution in [0.15, 0.2) is 35.5 Å². The summed E-state index contributed by atoms with van der Waals surface area (Å²) in [6.07, 6.45) is 15.9. The molecule has 7 rings (SSSR count). The van der Waals surface area contributed by atoms with Crippen LogP contribution in [0.3, 0.4) is 0 Å². The van der Waals surface area contributed by atoms with Gasteiger partial charge < -0.3 is 15.3 Å². The summed E-state index contributed by atoms with van der Waals surface area (Å²) in [5.41, 5.74) is 2.89. The molecule has 0 unspecified atom stereocenters. The summed E-state index contributed by atoms with van der Waals surface area (Å²) in [6.45, 7) is 20.3. The fourth-order valence-corrected chi connectivity index (χ4v) is 17.3. The molecule has 56 heavy (non-hydrogen) atoms. The molecule has 1 heterocycles. The Balaban J connectivity index is 1.08. The van der Waals surface area contributed by atoms with E-state index in [0.29, 0.717) is 68.6 Å². The van der Waals surface area contributed by atoms with E-state index in [9.17, 15) is 31.1 Å². The summed E-state index contributed by atoms with van der Waals surface area (Å²) in [4.78, 5) is 14.0. The van der Waals surface area contributed by atoms with Gasteiger partial charge in [0.15, 0.2) is 19.7 Å². The van der Waals surface area contributed by atoms with Crippen LogP contribution in [0.4, 0.5) is 4.39 Å². The molecule has 0 spiro atoms. The molecular weight excluding hydrogens is 748 g/mol. The Morgan fingerprint density at radius 1 is 0.929 bits per heavy atom. The van der Waals surface area contributed by atoms with Crippen LogP contribution in [-0.2, 0) is 24.5 Å². The lowest BCUT2D eigenvalue weighted by Gasteiger charge is -2.72. The van der Waals surface area contributed by atoms with Crippen LogP contribution in [0.2, 0.25) is 0 Å². The SMILES string of the molecule is C=C(C)[C@@H]1CC[C@]2(NCCS(=O)(=O)CCN3CCS(=O)(=O)CC3)CC[C@]3(C)[C@H](CC[C@@H]4[C@@]5(C)CC=C(C6=CC[C@](CF)(C(=O)O)CC6)C(C)(C)[C@@H]5CC[C@]43C)[C@@H]12. The molecule has 2 N–H and O–H groups in total. The van der Waals surface area contributed by atoms with Crippen LogP contribution >= 0.6 is 0 Å². The van der Waals surface area contributed by atoms with Gasteiger partial charge >= 0.3 is 5.97 Å². The van der Waals surface area contributed by atoms with Gasteiger partial charge in [0.05, 0.1) is 28.4 Å². The van der Waals surface area contributed by atoms with E-state index < -0.39 is 37.7 Å². The molecule has 0 aromatic carbocycles. The molecule has 0 aromatic rings. The number of nitrogens with one attached hydrogen (secondary N) is 1. The van der Waals surface area contributed by atoms with Gasteiger partial charge in [0.25, 0.3) is 0 Å². The predicted octanol–water partition coefficient (Wildman–Crippen LogP) is 7.82. The highest BCUT2D eigenvalue weighted by molar-refractivity contribution is 7.91. The van der Waals surface area contributed by atoms with E-state index in [1.165, 1.54) is 36.0 Å². The number of hydrogen-bond acceptors (Lipinski definition) is 7. The van der Waals surface area contributed by atoms with E-state index in [1.807, 2.05) is 4.90 Å². The van der Waals surface area contributed by atoms with Crippen LogP contribution in [0, 0.1) is 56.7 Å². The van der Waals surface area contributed by atoms with Gasteiger partial charge in [0.1, 0.15) is 6.67 Å². The third-order valence-corrected chi connectivity index (χ3v) is 21.6. The van der Waals surface area contributed by atoms with E-state index in [-0.39, 0.29) is 56.6 Å². The third kappa shape index (κ3) is 6.84. The molecule has 7 aliphatic rings. The Hall–Kier alpha value is -1.56. The average Bonchev–Trinajstić information content (AvgIpc) is 3.51. The molecule has 6 aliphatic carbocycles. The third-order valence-electron chi connectivity index (χ3n) is 18.4. The first-order valence-electron chi connectivity index (χ1n) is 21.8. The quantitative estimate of drug-likeness (QED) is 0.203. The van der Waals surface area contributed by atoms with Crippen molar-refractivity contribution in [3.8, 4) is 0 Å². The van der Waals surface area contributed by atoms with Crippen molar-refractivity contribution in [2.45, 2.75) is 124 Å². The van der Waals surface area contributed by atoms with Crippen molar-refractivity contribution in [1.29, 1.82) is 0 Å².